The Kier molecular flexibility index (Phi) is 3.83. The summed E-state index contributed by atoms with van der Waals surface area (Å²) in [6, 6.07) is 5.22. The van der Waals surface area contributed by atoms with E-state index in [4.69, 9.17) is 5.11 Å². The molecule has 0 unspecified atom stereocenters. The summed E-state index contributed by atoms with van der Waals surface area (Å²) in [6.07, 6.45) is 0.898. The first-order chi connectivity index (χ1) is 11.0. The van der Waals surface area contributed by atoms with E-state index >= 15 is 0 Å². The van der Waals surface area contributed by atoms with Crippen LogP contribution in [0, 0.1) is 6.92 Å². The summed E-state index contributed by atoms with van der Waals surface area (Å²) in [4.78, 5) is 29.1. The standard InChI is InChI=1S/C15H13N3O4S/c1-8-2-4-12(23-8)9-6-11(20)14(10(19)3-5-13(21)22)15-16-7-17-18(9)15/h2,4,6-7,19H,3,5H2,1H3,(H,21,22). The van der Waals surface area contributed by atoms with Gasteiger partial charge in [-0.3, -0.25) is 9.59 Å². The second kappa shape index (κ2) is 5.81. The van der Waals surface area contributed by atoms with E-state index in [0.717, 1.165) is 9.75 Å². The summed E-state index contributed by atoms with van der Waals surface area (Å²) >= 11 is 1.52. The third-order valence-corrected chi connectivity index (χ3v) is 4.39. The van der Waals surface area contributed by atoms with Gasteiger partial charge in [0.1, 0.15) is 17.3 Å². The fourth-order valence-electron chi connectivity index (χ4n) is 2.33. The molecule has 3 heterocycles. The summed E-state index contributed by atoms with van der Waals surface area (Å²) in [5.41, 5.74) is 0.409. The molecule has 0 saturated carbocycles. The molecule has 0 saturated heterocycles. The minimum Gasteiger partial charge on any atom is -0.511 e. The Bertz CT molecular complexity index is 1010. The maximum Gasteiger partial charge on any atom is 0.303 e. The number of aromatic nitrogens is 3. The lowest BCUT2D eigenvalue weighted by atomic mass is 10.2. The number of aryl methyl sites for hydroxylation is 1. The van der Waals surface area contributed by atoms with Crippen molar-refractivity contribution in [2.24, 2.45) is 0 Å². The van der Waals surface area contributed by atoms with E-state index in [2.05, 4.69) is 10.1 Å². The Morgan fingerprint density at radius 2 is 2.09 bits per heavy atom. The molecule has 0 radical (unpaired) electrons. The van der Waals surface area contributed by atoms with Gasteiger partial charge in [0.15, 0.2) is 11.1 Å². The minimum atomic E-state index is -1.05. The topological polar surface area (TPSA) is 105 Å². The van der Waals surface area contributed by atoms with E-state index in [0.29, 0.717) is 5.69 Å². The van der Waals surface area contributed by atoms with Crippen molar-refractivity contribution in [2.45, 2.75) is 19.8 Å². The van der Waals surface area contributed by atoms with E-state index in [1.165, 1.54) is 28.2 Å². The molecule has 0 spiro atoms. The van der Waals surface area contributed by atoms with E-state index in [1.54, 1.807) is 0 Å². The number of thiophene rings is 1. The lowest BCUT2D eigenvalue weighted by Gasteiger charge is -2.03. The van der Waals surface area contributed by atoms with E-state index in [9.17, 15) is 14.7 Å². The zero-order valence-electron chi connectivity index (χ0n) is 12.2. The monoisotopic (exact) mass is 331 g/mol. The van der Waals surface area contributed by atoms with Crippen molar-refractivity contribution in [3.05, 3.63) is 44.8 Å². The third kappa shape index (κ3) is 2.80. The van der Waals surface area contributed by atoms with Gasteiger partial charge in [0.2, 0.25) is 0 Å². The summed E-state index contributed by atoms with van der Waals surface area (Å²) in [5.74, 6) is -1.34. The number of pyridine rings is 1. The highest BCUT2D eigenvalue weighted by Gasteiger charge is 2.14. The molecule has 0 amide bonds. The average molecular weight is 331 g/mol. The largest absolute Gasteiger partial charge is 0.511 e. The number of aliphatic hydroxyl groups is 1. The second-order valence-corrected chi connectivity index (χ2v) is 6.30. The summed E-state index contributed by atoms with van der Waals surface area (Å²) < 4.78 is 1.49. The number of hydrogen-bond donors (Lipinski definition) is 2. The number of carboxylic acid groups (broad SMARTS) is 1. The quantitative estimate of drug-likeness (QED) is 0.748. The Morgan fingerprint density at radius 1 is 1.30 bits per heavy atom. The number of hydrogen-bond acceptors (Lipinski definition) is 6. The van der Waals surface area contributed by atoms with Gasteiger partial charge in [-0.15, -0.1) is 11.3 Å². The van der Waals surface area contributed by atoms with Crippen molar-refractivity contribution in [2.75, 3.05) is 0 Å². The Morgan fingerprint density at radius 3 is 2.74 bits per heavy atom. The van der Waals surface area contributed by atoms with Gasteiger partial charge < -0.3 is 10.2 Å². The number of aliphatic carboxylic acids is 1. The van der Waals surface area contributed by atoms with Gasteiger partial charge in [0.25, 0.3) is 0 Å². The van der Waals surface area contributed by atoms with Crippen molar-refractivity contribution < 1.29 is 15.0 Å². The van der Waals surface area contributed by atoms with Crippen LogP contribution in [0.5, 0.6) is 0 Å². The normalized spacial score (nSPS) is 12.6. The second-order valence-electron chi connectivity index (χ2n) is 5.02. The van der Waals surface area contributed by atoms with Crippen LogP contribution in [0.4, 0.5) is 0 Å². The highest BCUT2D eigenvalue weighted by Crippen LogP contribution is 2.26. The first-order valence-electron chi connectivity index (χ1n) is 6.85. The predicted molar refractivity (Wildman–Crippen MR) is 85.4 cm³/mol. The van der Waals surface area contributed by atoms with E-state index in [-0.39, 0.29) is 29.5 Å². The SMILES string of the molecule is Cc1ccc(-c2cc(=O)c(=C(O)CCC(=O)O)c3ncnn23)s1. The molecular formula is C15H13N3O4S. The minimum absolute atomic E-state index is 0.000720. The molecule has 2 N–H and O–H groups in total. The summed E-state index contributed by atoms with van der Waals surface area (Å²) in [6.45, 7) is 1.96. The predicted octanol–water partition coefficient (Wildman–Crippen LogP) is 1.38. The number of nitrogens with zero attached hydrogens (tertiary/aromatic N) is 3. The highest BCUT2D eigenvalue weighted by atomic mass is 32.1. The van der Waals surface area contributed by atoms with Gasteiger partial charge in [-0.1, -0.05) is 0 Å². The molecule has 3 rings (SSSR count). The van der Waals surface area contributed by atoms with Crippen LogP contribution < -0.4 is 10.6 Å². The smallest absolute Gasteiger partial charge is 0.303 e. The number of carbonyl (C=O) groups is 1. The number of rotatable bonds is 4. The van der Waals surface area contributed by atoms with Gasteiger partial charge >= 0.3 is 5.97 Å². The van der Waals surface area contributed by atoms with E-state index in [1.807, 2.05) is 19.1 Å². The first-order valence-corrected chi connectivity index (χ1v) is 7.66. The van der Waals surface area contributed by atoms with Crippen LogP contribution in [-0.4, -0.2) is 30.8 Å². The number of aliphatic hydroxyl groups excluding tert-OH is 1. The number of carboxylic acids is 1. The van der Waals surface area contributed by atoms with Crippen LogP contribution in [0.15, 0.2) is 29.3 Å². The van der Waals surface area contributed by atoms with Gasteiger partial charge in [0.05, 0.1) is 17.0 Å². The van der Waals surface area contributed by atoms with E-state index < -0.39 is 11.4 Å². The zero-order valence-corrected chi connectivity index (χ0v) is 13.0. The molecule has 0 aliphatic heterocycles. The molecule has 0 atom stereocenters. The van der Waals surface area contributed by atoms with Gasteiger partial charge in [-0.2, -0.15) is 5.10 Å². The van der Waals surface area contributed by atoms with Crippen LogP contribution in [0.1, 0.15) is 17.7 Å². The molecule has 0 bridgehead atoms. The average Bonchev–Trinajstić information content (AvgIpc) is 3.12. The molecule has 7 nitrogen and oxygen atoms in total. The van der Waals surface area contributed by atoms with Crippen molar-refractivity contribution in [1.82, 2.24) is 14.6 Å². The lowest BCUT2D eigenvalue weighted by molar-refractivity contribution is -0.136. The van der Waals surface area contributed by atoms with Crippen LogP contribution in [0.25, 0.3) is 22.0 Å². The Balaban J connectivity index is 2.25. The first kappa shape index (κ1) is 15.2. The molecule has 0 fully saturated rings. The molecule has 3 aromatic rings. The zero-order chi connectivity index (χ0) is 16.6. The Hall–Kier alpha value is -2.74. The molecule has 3 aromatic heterocycles. The Labute approximate surface area is 134 Å². The summed E-state index contributed by atoms with van der Waals surface area (Å²) in [7, 11) is 0. The summed E-state index contributed by atoms with van der Waals surface area (Å²) in [5, 5.41) is 22.9. The third-order valence-electron chi connectivity index (χ3n) is 3.37. The van der Waals surface area contributed by atoms with Crippen molar-refractivity contribution in [3.63, 3.8) is 0 Å². The van der Waals surface area contributed by atoms with Gasteiger partial charge in [-0.25, -0.2) is 9.50 Å². The molecule has 23 heavy (non-hydrogen) atoms. The van der Waals surface area contributed by atoms with Gasteiger partial charge in [0, 0.05) is 17.4 Å². The molecule has 118 valence electrons. The number of fused-ring (bicyclic) bond motifs is 1. The van der Waals surface area contributed by atoms with Crippen LogP contribution in [0.3, 0.4) is 0 Å². The maximum absolute atomic E-state index is 12.4. The fourth-order valence-corrected chi connectivity index (χ4v) is 3.19. The van der Waals surface area contributed by atoms with Crippen LogP contribution >= 0.6 is 11.3 Å². The molecule has 0 aromatic carbocycles. The molecular weight excluding hydrogens is 318 g/mol. The molecule has 0 aliphatic rings. The maximum atomic E-state index is 12.4. The van der Waals surface area contributed by atoms with Crippen LogP contribution in [-0.2, 0) is 4.79 Å². The van der Waals surface area contributed by atoms with Crippen LogP contribution in [0.2, 0.25) is 0 Å². The van der Waals surface area contributed by atoms with Crippen molar-refractivity contribution >= 4 is 28.7 Å². The molecule has 8 heteroatoms. The fraction of sp³-hybridized carbons (Fsp3) is 0.200. The highest BCUT2D eigenvalue weighted by molar-refractivity contribution is 7.15. The molecule has 0 aliphatic carbocycles. The van der Waals surface area contributed by atoms with Gasteiger partial charge in [-0.05, 0) is 19.1 Å². The van der Waals surface area contributed by atoms with Crippen molar-refractivity contribution in [3.8, 4) is 10.6 Å². The van der Waals surface area contributed by atoms with Crippen molar-refractivity contribution in [1.29, 1.82) is 0 Å². The lowest BCUT2D eigenvalue weighted by Crippen LogP contribution is -2.30.